The molecule has 0 spiro atoms. The van der Waals surface area contributed by atoms with Gasteiger partial charge in [0.1, 0.15) is 18.9 Å². The van der Waals surface area contributed by atoms with E-state index in [0.717, 1.165) is 24.0 Å². The van der Waals surface area contributed by atoms with Gasteiger partial charge in [0, 0.05) is 30.9 Å². The number of rotatable bonds is 4. The second-order valence-electron chi connectivity index (χ2n) is 8.41. The molecule has 32 heavy (non-hydrogen) atoms. The van der Waals surface area contributed by atoms with Gasteiger partial charge in [-0.3, -0.25) is 14.6 Å². The van der Waals surface area contributed by atoms with Crippen LogP contribution in [0.3, 0.4) is 0 Å². The Balaban J connectivity index is 1.24. The molecule has 8 heteroatoms. The minimum Gasteiger partial charge on any atom is -0.486 e. The summed E-state index contributed by atoms with van der Waals surface area (Å²) in [6.45, 7) is 1.85. The predicted octanol–water partition coefficient (Wildman–Crippen LogP) is 2.65. The Morgan fingerprint density at radius 3 is 2.69 bits per heavy atom. The summed E-state index contributed by atoms with van der Waals surface area (Å²) in [5.41, 5.74) is 2.80. The normalized spacial score (nSPS) is 17.7. The zero-order valence-electron chi connectivity index (χ0n) is 17.4. The number of pyridine rings is 1. The van der Waals surface area contributed by atoms with Gasteiger partial charge in [0.05, 0.1) is 11.7 Å². The van der Waals surface area contributed by atoms with Crippen LogP contribution in [0.2, 0.25) is 0 Å². The quantitative estimate of drug-likeness (QED) is 0.633. The van der Waals surface area contributed by atoms with E-state index in [2.05, 4.69) is 10.1 Å². The number of fused-ring (bicyclic) bond motifs is 1. The van der Waals surface area contributed by atoms with Crippen LogP contribution in [0.15, 0.2) is 53.5 Å². The van der Waals surface area contributed by atoms with Crippen LogP contribution in [0.5, 0.6) is 11.5 Å². The van der Waals surface area contributed by atoms with Crippen LogP contribution < -0.4 is 15.0 Å². The topological polar surface area (TPSA) is 86.6 Å². The van der Waals surface area contributed by atoms with E-state index in [1.54, 1.807) is 17.2 Å². The number of benzene rings is 1. The van der Waals surface area contributed by atoms with Crippen molar-refractivity contribution in [1.82, 2.24) is 19.7 Å². The molecule has 1 aromatic carbocycles. The lowest BCUT2D eigenvalue weighted by Gasteiger charge is -2.39. The largest absolute Gasteiger partial charge is 0.486 e. The average Bonchev–Trinajstić information content (AvgIpc) is 3.64. The molecule has 3 aliphatic rings. The smallest absolute Gasteiger partial charge is 0.272 e. The highest BCUT2D eigenvalue weighted by Gasteiger charge is 2.37. The van der Waals surface area contributed by atoms with Gasteiger partial charge in [-0.2, -0.15) is 5.10 Å². The summed E-state index contributed by atoms with van der Waals surface area (Å²) in [6.07, 6.45) is 3.88. The van der Waals surface area contributed by atoms with Gasteiger partial charge >= 0.3 is 0 Å². The van der Waals surface area contributed by atoms with Crippen LogP contribution in [-0.2, 0) is 0 Å². The Hall–Kier alpha value is -3.68. The summed E-state index contributed by atoms with van der Waals surface area (Å²) in [4.78, 5) is 31.7. The van der Waals surface area contributed by atoms with Crippen LogP contribution in [0, 0.1) is 0 Å². The fraction of sp³-hybridized carbons (Fsp3) is 0.333. The predicted molar refractivity (Wildman–Crippen MR) is 116 cm³/mol. The summed E-state index contributed by atoms with van der Waals surface area (Å²) in [6, 6.07) is 12.6. The molecule has 2 fully saturated rings. The molecule has 0 bridgehead atoms. The number of amides is 1. The molecule has 1 aliphatic carbocycles. The monoisotopic (exact) mass is 430 g/mol. The molecule has 0 radical (unpaired) electrons. The molecule has 1 saturated heterocycles. The molecule has 6 rings (SSSR count). The first-order chi connectivity index (χ1) is 15.7. The maximum absolute atomic E-state index is 13.0. The summed E-state index contributed by atoms with van der Waals surface area (Å²) in [7, 11) is 0. The number of carbonyl (C=O) groups excluding carboxylic acids is 1. The van der Waals surface area contributed by atoms with Crippen LogP contribution in [0.25, 0.3) is 11.3 Å². The Labute approximate surface area is 184 Å². The van der Waals surface area contributed by atoms with Crippen molar-refractivity contribution in [2.75, 3.05) is 26.3 Å². The summed E-state index contributed by atoms with van der Waals surface area (Å²) in [5.74, 6) is 1.69. The van der Waals surface area contributed by atoms with Gasteiger partial charge in [-0.05, 0) is 48.6 Å². The number of ether oxygens (including phenoxy) is 2. The molecule has 2 aromatic heterocycles. The van der Waals surface area contributed by atoms with Crippen molar-refractivity contribution < 1.29 is 14.3 Å². The lowest BCUT2D eigenvalue weighted by Crippen LogP contribution is -2.53. The average molecular weight is 430 g/mol. The molecule has 0 N–H and O–H groups in total. The number of aromatic nitrogens is 3. The molecule has 1 amide bonds. The molecular weight excluding hydrogens is 408 g/mol. The van der Waals surface area contributed by atoms with Gasteiger partial charge in [0.2, 0.25) is 0 Å². The SMILES string of the molecule is O=C(c1ncccc1C1CC1)N1CC(n2nc(-c3cccc4c3OCCO4)ccc2=O)C1. The summed E-state index contributed by atoms with van der Waals surface area (Å²) < 4.78 is 12.9. The van der Waals surface area contributed by atoms with E-state index < -0.39 is 0 Å². The Kier molecular flexibility index (Phi) is 4.45. The van der Waals surface area contributed by atoms with Crippen molar-refractivity contribution in [1.29, 1.82) is 0 Å². The highest BCUT2D eigenvalue weighted by Crippen LogP contribution is 2.42. The van der Waals surface area contributed by atoms with E-state index in [0.29, 0.717) is 55.1 Å². The molecule has 3 aromatic rings. The van der Waals surface area contributed by atoms with Crippen molar-refractivity contribution in [2.45, 2.75) is 24.8 Å². The lowest BCUT2D eigenvalue weighted by molar-refractivity contribution is 0.0486. The zero-order chi connectivity index (χ0) is 21.7. The van der Waals surface area contributed by atoms with Crippen molar-refractivity contribution in [3.05, 3.63) is 70.3 Å². The van der Waals surface area contributed by atoms with E-state index in [9.17, 15) is 9.59 Å². The molecule has 2 aliphatic heterocycles. The van der Waals surface area contributed by atoms with E-state index in [1.807, 2.05) is 30.3 Å². The van der Waals surface area contributed by atoms with E-state index in [1.165, 1.54) is 10.7 Å². The van der Waals surface area contributed by atoms with Gasteiger partial charge in [0.25, 0.3) is 11.5 Å². The number of likely N-dealkylation sites (tertiary alicyclic amines) is 1. The number of nitrogens with zero attached hydrogens (tertiary/aromatic N) is 4. The third-order valence-corrected chi connectivity index (χ3v) is 6.22. The van der Waals surface area contributed by atoms with Gasteiger partial charge in [-0.1, -0.05) is 12.1 Å². The molecule has 162 valence electrons. The van der Waals surface area contributed by atoms with Gasteiger partial charge in [-0.15, -0.1) is 0 Å². The number of hydrogen-bond donors (Lipinski definition) is 0. The van der Waals surface area contributed by atoms with Crippen molar-refractivity contribution in [3.8, 4) is 22.8 Å². The van der Waals surface area contributed by atoms with Crippen LogP contribution in [0.4, 0.5) is 0 Å². The first kappa shape index (κ1) is 19.0. The standard InChI is InChI=1S/C24H22N4O4/c29-21-9-8-19(18-3-1-5-20-23(18)32-12-11-31-20)26-28(21)16-13-27(14-16)24(30)22-17(15-6-7-15)4-2-10-25-22/h1-5,8-10,15-16H,6-7,11-14H2. The Morgan fingerprint density at radius 2 is 1.84 bits per heavy atom. The first-order valence-electron chi connectivity index (χ1n) is 10.9. The Bertz CT molecular complexity index is 1260. The maximum Gasteiger partial charge on any atom is 0.272 e. The lowest BCUT2D eigenvalue weighted by atomic mass is 10.0. The minimum absolute atomic E-state index is 0.0735. The van der Waals surface area contributed by atoms with Crippen molar-refractivity contribution >= 4 is 5.91 Å². The van der Waals surface area contributed by atoms with Gasteiger partial charge < -0.3 is 14.4 Å². The van der Waals surface area contributed by atoms with E-state index >= 15 is 0 Å². The molecule has 4 heterocycles. The van der Waals surface area contributed by atoms with Crippen LogP contribution in [0.1, 0.15) is 40.9 Å². The highest BCUT2D eigenvalue weighted by atomic mass is 16.6. The number of hydrogen-bond acceptors (Lipinski definition) is 6. The second kappa shape index (κ2) is 7.47. The van der Waals surface area contributed by atoms with Crippen LogP contribution in [-0.4, -0.2) is 51.9 Å². The molecule has 8 nitrogen and oxygen atoms in total. The van der Waals surface area contributed by atoms with E-state index in [4.69, 9.17) is 9.47 Å². The summed E-state index contributed by atoms with van der Waals surface area (Å²) >= 11 is 0. The maximum atomic E-state index is 13.0. The molecule has 0 atom stereocenters. The second-order valence-corrected chi connectivity index (χ2v) is 8.41. The Morgan fingerprint density at radius 1 is 1.00 bits per heavy atom. The third-order valence-electron chi connectivity index (χ3n) is 6.22. The van der Waals surface area contributed by atoms with Gasteiger partial charge in [0.15, 0.2) is 11.5 Å². The third kappa shape index (κ3) is 3.23. The van der Waals surface area contributed by atoms with E-state index in [-0.39, 0.29) is 17.5 Å². The number of para-hydroxylation sites is 1. The van der Waals surface area contributed by atoms with Crippen LogP contribution >= 0.6 is 0 Å². The molecular formula is C24H22N4O4. The zero-order valence-corrected chi connectivity index (χ0v) is 17.4. The first-order valence-corrected chi connectivity index (χ1v) is 10.9. The molecule has 1 saturated carbocycles. The fourth-order valence-electron chi connectivity index (χ4n) is 4.35. The van der Waals surface area contributed by atoms with Crippen molar-refractivity contribution in [2.24, 2.45) is 0 Å². The fourth-order valence-corrected chi connectivity index (χ4v) is 4.35. The molecule has 0 unspecified atom stereocenters. The highest BCUT2D eigenvalue weighted by molar-refractivity contribution is 5.94. The summed E-state index contributed by atoms with van der Waals surface area (Å²) in [5, 5.41) is 4.61. The number of carbonyl (C=O) groups is 1. The minimum atomic E-state index is -0.190. The van der Waals surface area contributed by atoms with Gasteiger partial charge in [-0.25, -0.2) is 4.68 Å². The van der Waals surface area contributed by atoms with Crippen molar-refractivity contribution in [3.63, 3.8) is 0 Å².